The number of carbonyl (C=O) groups is 1. The number of piperidine rings is 1. The molecule has 0 bridgehead atoms. The van der Waals surface area contributed by atoms with E-state index in [1.54, 1.807) is 11.3 Å². The predicted molar refractivity (Wildman–Crippen MR) is 104 cm³/mol. The van der Waals surface area contributed by atoms with Crippen molar-refractivity contribution >= 4 is 17.2 Å². The van der Waals surface area contributed by atoms with Crippen LogP contribution in [0.1, 0.15) is 43.2 Å². The summed E-state index contributed by atoms with van der Waals surface area (Å²) in [4.78, 5) is 16.3. The van der Waals surface area contributed by atoms with Crippen LogP contribution in [-0.4, -0.2) is 23.9 Å². The van der Waals surface area contributed by atoms with E-state index in [2.05, 4.69) is 35.5 Å². The Hall–Kier alpha value is -1.72. The van der Waals surface area contributed by atoms with Crippen molar-refractivity contribution < 1.29 is 9.18 Å². The molecule has 0 spiro atoms. The van der Waals surface area contributed by atoms with Gasteiger partial charge < -0.3 is 5.32 Å². The molecular formula is C21H27FN2OS. The smallest absolute Gasteiger partial charge is 0.223 e. The standard InChI is InChI=1S/C21H27FN2OS/c1-15(2)20(19-4-3-13-26-19)23-21(25)17-9-11-24(12-10-17)14-16-5-7-18(22)8-6-16/h3-8,13,15,17,20H,9-12,14H2,1-2H3,(H,23,25)/t20-/m0/s1. The largest absolute Gasteiger partial charge is 0.348 e. The summed E-state index contributed by atoms with van der Waals surface area (Å²) in [5.41, 5.74) is 1.12. The summed E-state index contributed by atoms with van der Waals surface area (Å²) in [6.07, 6.45) is 1.75. The third kappa shape index (κ3) is 4.92. The molecule has 1 aliphatic heterocycles. The number of likely N-dealkylation sites (tertiary alicyclic amines) is 1. The van der Waals surface area contributed by atoms with Crippen molar-refractivity contribution in [3.63, 3.8) is 0 Å². The minimum absolute atomic E-state index is 0.0840. The molecule has 1 N–H and O–H groups in total. The number of amides is 1. The number of hydrogen-bond donors (Lipinski definition) is 1. The maximum Gasteiger partial charge on any atom is 0.223 e. The molecule has 0 saturated carbocycles. The molecule has 1 amide bonds. The van der Waals surface area contributed by atoms with Crippen molar-refractivity contribution in [2.45, 2.75) is 39.3 Å². The summed E-state index contributed by atoms with van der Waals surface area (Å²) in [7, 11) is 0. The van der Waals surface area contributed by atoms with Gasteiger partial charge in [-0.25, -0.2) is 4.39 Å². The van der Waals surface area contributed by atoms with Gasteiger partial charge in [0.15, 0.2) is 0 Å². The van der Waals surface area contributed by atoms with Gasteiger partial charge in [0.1, 0.15) is 5.82 Å². The van der Waals surface area contributed by atoms with E-state index in [4.69, 9.17) is 0 Å². The van der Waals surface area contributed by atoms with Gasteiger partial charge in [-0.3, -0.25) is 9.69 Å². The third-order valence-corrected chi connectivity index (χ3v) is 6.05. The van der Waals surface area contributed by atoms with Crippen molar-refractivity contribution in [2.24, 2.45) is 11.8 Å². The van der Waals surface area contributed by atoms with Crippen molar-refractivity contribution in [2.75, 3.05) is 13.1 Å². The van der Waals surface area contributed by atoms with Gasteiger partial charge in [-0.1, -0.05) is 32.0 Å². The van der Waals surface area contributed by atoms with E-state index in [0.29, 0.717) is 5.92 Å². The van der Waals surface area contributed by atoms with Crippen LogP contribution in [0.2, 0.25) is 0 Å². The first kappa shape index (κ1) is 19.1. The Labute approximate surface area is 159 Å². The molecule has 3 nitrogen and oxygen atoms in total. The second-order valence-electron chi connectivity index (χ2n) is 7.42. The topological polar surface area (TPSA) is 32.3 Å². The molecular weight excluding hydrogens is 347 g/mol. The zero-order chi connectivity index (χ0) is 18.5. The van der Waals surface area contributed by atoms with Crippen molar-refractivity contribution in [1.82, 2.24) is 10.2 Å². The van der Waals surface area contributed by atoms with Gasteiger partial charge in [0, 0.05) is 17.3 Å². The summed E-state index contributed by atoms with van der Waals surface area (Å²) < 4.78 is 13.0. The van der Waals surface area contributed by atoms with Crippen LogP contribution in [0.15, 0.2) is 41.8 Å². The molecule has 2 aromatic rings. The van der Waals surface area contributed by atoms with Crippen LogP contribution in [0.4, 0.5) is 4.39 Å². The second-order valence-corrected chi connectivity index (χ2v) is 8.40. The van der Waals surface area contributed by atoms with Crippen LogP contribution in [0.25, 0.3) is 0 Å². The van der Waals surface area contributed by atoms with Gasteiger partial charge in [-0.05, 0) is 61.0 Å². The number of rotatable bonds is 6. The van der Waals surface area contributed by atoms with Crippen LogP contribution in [-0.2, 0) is 11.3 Å². The Morgan fingerprint density at radius 2 is 1.92 bits per heavy atom. The van der Waals surface area contributed by atoms with E-state index in [1.807, 2.05) is 18.2 Å². The van der Waals surface area contributed by atoms with Crippen LogP contribution < -0.4 is 5.32 Å². The zero-order valence-electron chi connectivity index (χ0n) is 15.5. The lowest BCUT2D eigenvalue weighted by Crippen LogP contribution is -2.42. The monoisotopic (exact) mass is 374 g/mol. The number of nitrogens with one attached hydrogen (secondary N) is 1. The van der Waals surface area contributed by atoms with Crippen LogP contribution in [0.3, 0.4) is 0 Å². The molecule has 1 atom stereocenters. The number of benzene rings is 1. The number of carbonyl (C=O) groups excluding carboxylic acids is 1. The van der Waals surface area contributed by atoms with Gasteiger partial charge >= 0.3 is 0 Å². The highest BCUT2D eigenvalue weighted by Crippen LogP contribution is 2.27. The van der Waals surface area contributed by atoms with E-state index in [-0.39, 0.29) is 23.7 Å². The van der Waals surface area contributed by atoms with Crippen molar-refractivity contribution in [3.05, 3.63) is 58.0 Å². The lowest BCUT2D eigenvalue weighted by atomic mass is 9.94. The molecule has 1 fully saturated rings. The molecule has 1 saturated heterocycles. The van der Waals surface area contributed by atoms with E-state index >= 15 is 0 Å². The van der Waals surface area contributed by atoms with Crippen LogP contribution in [0.5, 0.6) is 0 Å². The molecule has 3 rings (SSSR count). The average Bonchev–Trinajstić information content (AvgIpc) is 3.16. The summed E-state index contributed by atoms with van der Waals surface area (Å²) in [6, 6.07) is 10.9. The Kier molecular flexibility index (Phi) is 6.43. The van der Waals surface area contributed by atoms with E-state index in [9.17, 15) is 9.18 Å². The third-order valence-electron chi connectivity index (χ3n) is 5.09. The molecule has 5 heteroatoms. The van der Waals surface area contributed by atoms with E-state index in [1.165, 1.54) is 17.0 Å². The highest BCUT2D eigenvalue weighted by atomic mass is 32.1. The molecule has 1 aromatic carbocycles. The second kappa shape index (κ2) is 8.78. The first-order chi connectivity index (χ1) is 12.5. The first-order valence-electron chi connectivity index (χ1n) is 9.33. The Bertz CT molecular complexity index is 691. The highest BCUT2D eigenvalue weighted by Gasteiger charge is 2.28. The molecule has 26 heavy (non-hydrogen) atoms. The quantitative estimate of drug-likeness (QED) is 0.801. The number of halogens is 1. The molecule has 0 radical (unpaired) electrons. The summed E-state index contributed by atoms with van der Waals surface area (Å²) >= 11 is 1.70. The molecule has 2 heterocycles. The Morgan fingerprint density at radius 3 is 2.50 bits per heavy atom. The highest BCUT2D eigenvalue weighted by molar-refractivity contribution is 7.10. The van der Waals surface area contributed by atoms with Gasteiger partial charge in [0.05, 0.1) is 6.04 Å². The number of thiophene rings is 1. The minimum Gasteiger partial charge on any atom is -0.348 e. The van der Waals surface area contributed by atoms with Crippen molar-refractivity contribution in [3.8, 4) is 0 Å². The van der Waals surface area contributed by atoms with E-state index in [0.717, 1.165) is 38.0 Å². The fraction of sp³-hybridized carbons (Fsp3) is 0.476. The predicted octanol–water partition coefficient (Wildman–Crippen LogP) is 4.61. The Balaban J connectivity index is 1.50. The average molecular weight is 375 g/mol. The lowest BCUT2D eigenvalue weighted by Gasteiger charge is -2.32. The maximum absolute atomic E-state index is 13.0. The maximum atomic E-state index is 13.0. The summed E-state index contributed by atoms with van der Waals surface area (Å²) in [6.45, 7) is 6.92. The molecule has 1 aromatic heterocycles. The van der Waals surface area contributed by atoms with E-state index < -0.39 is 0 Å². The van der Waals surface area contributed by atoms with Crippen LogP contribution >= 0.6 is 11.3 Å². The van der Waals surface area contributed by atoms with Crippen molar-refractivity contribution in [1.29, 1.82) is 0 Å². The fourth-order valence-corrected chi connectivity index (χ4v) is 4.46. The Morgan fingerprint density at radius 1 is 1.23 bits per heavy atom. The van der Waals surface area contributed by atoms with Gasteiger partial charge in [0.2, 0.25) is 5.91 Å². The SMILES string of the molecule is CC(C)[C@H](NC(=O)C1CCN(Cc2ccc(F)cc2)CC1)c1cccs1. The molecule has 0 unspecified atom stereocenters. The lowest BCUT2D eigenvalue weighted by molar-refractivity contribution is -0.127. The van der Waals surface area contributed by atoms with Gasteiger partial charge in [0.25, 0.3) is 0 Å². The molecule has 0 aliphatic carbocycles. The van der Waals surface area contributed by atoms with Gasteiger partial charge in [-0.15, -0.1) is 11.3 Å². The summed E-state index contributed by atoms with van der Waals surface area (Å²) in [5.74, 6) is 0.435. The summed E-state index contributed by atoms with van der Waals surface area (Å²) in [5, 5.41) is 5.33. The minimum atomic E-state index is -0.199. The number of nitrogens with zero attached hydrogens (tertiary/aromatic N) is 1. The van der Waals surface area contributed by atoms with Crippen LogP contribution in [0, 0.1) is 17.7 Å². The molecule has 1 aliphatic rings. The number of hydrogen-bond acceptors (Lipinski definition) is 3. The van der Waals surface area contributed by atoms with Gasteiger partial charge in [-0.2, -0.15) is 0 Å². The first-order valence-corrected chi connectivity index (χ1v) is 10.2. The zero-order valence-corrected chi connectivity index (χ0v) is 16.3. The fourth-order valence-electron chi connectivity index (χ4n) is 3.51. The molecule has 140 valence electrons. The normalized spacial score (nSPS) is 17.4.